The van der Waals surface area contributed by atoms with Crippen LogP contribution in [0.4, 0.5) is 0 Å². The van der Waals surface area contributed by atoms with E-state index in [-0.39, 0.29) is 52.2 Å². The Bertz CT molecular complexity index is 1790. The largest absolute Gasteiger partial charge is 1.00 e. The molecule has 12 aliphatic carbocycles. The van der Waals surface area contributed by atoms with Crippen molar-refractivity contribution in [3.05, 3.63) is 67.8 Å². The Morgan fingerprint density at radius 3 is 0.919 bits per heavy atom. The number of carboxylic acid groups (broad SMARTS) is 1. The third-order valence-corrected chi connectivity index (χ3v) is 23.0. The van der Waals surface area contributed by atoms with Gasteiger partial charge in [0.15, 0.2) is 0 Å². The van der Waals surface area contributed by atoms with Crippen LogP contribution in [0.25, 0.3) is 0 Å². The van der Waals surface area contributed by atoms with Crippen molar-refractivity contribution in [2.24, 2.45) is 69.5 Å². The molecular weight excluding hydrogens is 1130 g/mol. The van der Waals surface area contributed by atoms with Gasteiger partial charge in [-0.05, 0) is 56.3 Å². The molecular formula is C49H62I3O10-. The fourth-order valence-electron chi connectivity index (χ4n) is 14.8. The number of carbonyl (C=O) groups excluding carboxylic acids is 4. The van der Waals surface area contributed by atoms with E-state index in [2.05, 4.69) is 0 Å². The number of carboxylic acids is 1. The Labute approximate surface area is 399 Å². The van der Waals surface area contributed by atoms with Crippen molar-refractivity contribution in [2.75, 3.05) is 0 Å². The normalized spacial score (nSPS) is 37.2. The molecule has 0 amide bonds. The van der Waals surface area contributed by atoms with Crippen LogP contribution in [0.1, 0.15) is 129 Å². The van der Waals surface area contributed by atoms with Crippen LogP contribution < -0.4 is 24.0 Å². The molecule has 12 fully saturated rings. The van der Waals surface area contributed by atoms with Gasteiger partial charge >= 0.3 is 308 Å². The van der Waals surface area contributed by atoms with Crippen LogP contribution in [-0.4, -0.2) is 35.0 Å². The number of carbonyl (C=O) groups is 5. The molecule has 0 spiro atoms. The molecule has 0 aliphatic heterocycles. The smallest absolute Gasteiger partial charge is 1.00 e. The minimum absolute atomic E-state index is 0. The molecule has 0 radical (unpaired) electrons. The van der Waals surface area contributed by atoms with Gasteiger partial charge in [-0.3, -0.25) is 4.79 Å². The van der Waals surface area contributed by atoms with Crippen molar-refractivity contribution in [1.29, 1.82) is 0 Å². The van der Waals surface area contributed by atoms with Gasteiger partial charge in [0, 0.05) is 0 Å². The van der Waals surface area contributed by atoms with Crippen molar-refractivity contribution in [3.63, 3.8) is 0 Å². The molecule has 13 heteroatoms. The Hall–Kier alpha value is -2.02. The fraction of sp³-hybridized carbons (Fsp3) is 0.653. The van der Waals surface area contributed by atoms with E-state index in [1.165, 1.54) is 71.6 Å². The summed E-state index contributed by atoms with van der Waals surface area (Å²) in [6.45, 7) is 2.60. The van der Waals surface area contributed by atoms with Gasteiger partial charge in [0.05, 0.1) is 5.41 Å². The first-order chi connectivity index (χ1) is 29.3. The maximum Gasteiger partial charge on any atom is -1.00 e. The number of hydrogen-bond acceptors (Lipinski definition) is 9. The molecule has 10 nitrogen and oxygen atoms in total. The van der Waals surface area contributed by atoms with Crippen molar-refractivity contribution in [1.82, 2.24) is 0 Å². The summed E-state index contributed by atoms with van der Waals surface area (Å²) in [7, 11) is 0. The minimum Gasteiger partial charge on any atom is -1.00 e. The second-order valence-electron chi connectivity index (χ2n) is 20.8. The van der Waals surface area contributed by atoms with E-state index in [4.69, 9.17) is 12.3 Å². The quantitative estimate of drug-likeness (QED) is 0.244. The summed E-state index contributed by atoms with van der Waals surface area (Å²) in [6.07, 6.45) is 20.6. The standard InChI is InChI=1S/C28H35IO4.C11H16O2.C10H11IO4.HI/c30-25(27-12-18-6-19(13-27)8-20(7-18)14-27)32-29(24-4-2-1-3-5-24)33-26(31)28-15-21-9-22(16-28)11-23(10-21)17-28;12-10(13)11-4-7-1-8(5-11)3-9(2-7)6-11;1-8(12)14-11(15-9(2)13)10-6-4-3-5-7-10;/h1-5,18-23H,6-17H2;7-9H,1-6H2,(H,12,13);3-7H,1-2H3;1H/p-1. The summed E-state index contributed by atoms with van der Waals surface area (Å²) in [5, 5.41) is 9.28. The van der Waals surface area contributed by atoms with Gasteiger partial charge in [-0.25, -0.2) is 0 Å². The first kappa shape index (κ1) is 46.5. The van der Waals surface area contributed by atoms with Crippen LogP contribution in [0.3, 0.4) is 0 Å². The molecule has 2 aromatic rings. The van der Waals surface area contributed by atoms with Crippen LogP contribution >= 0.6 is 41.3 Å². The molecule has 1 N–H and O–H groups in total. The van der Waals surface area contributed by atoms with Crippen LogP contribution in [-0.2, 0) is 36.2 Å². The van der Waals surface area contributed by atoms with Crippen molar-refractivity contribution < 1.29 is 65.3 Å². The maximum atomic E-state index is 13.7. The zero-order chi connectivity index (χ0) is 42.5. The van der Waals surface area contributed by atoms with E-state index in [0.29, 0.717) is 35.5 Å². The summed E-state index contributed by atoms with van der Waals surface area (Å²) < 4.78 is 24.4. The molecule has 12 bridgehead atoms. The summed E-state index contributed by atoms with van der Waals surface area (Å²) in [6, 6.07) is 18.9. The van der Waals surface area contributed by atoms with Gasteiger partial charge in [0.2, 0.25) is 0 Å². The zero-order valence-electron chi connectivity index (χ0n) is 36.0. The molecule has 0 unspecified atom stereocenters. The first-order valence-electron chi connectivity index (χ1n) is 22.8. The molecule has 0 heterocycles. The van der Waals surface area contributed by atoms with Gasteiger partial charge < -0.3 is 29.1 Å². The number of halogens is 3. The van der Waals surface area contributed by atoms with E-state index < -0.39 is 59.2 Å². The summed E-state index contributed by atoms with van der Waals surface area (Å²) in [5.74, 6) is 4.95. The average molecular weight is 1190 g/mol. The SMILES string of the molecule is CC(=O)OI(OC(C)=O)c1ccccc1.O=C(O)C12CC3CC(CC(C3)C1)C2.O=C(OI(OC(=O)C12CC3CC(CC(C3)C1)C2)c1ccccc1)C12CC3CC(CC(C3)C1)C2.[I-]. The molecule has 0 atom stereocenters. The van der Waals surface area contributed by atoms with Gasteiger partial charge in [-0.15, -0.1) is 0 Å². The predicted octanol–water partition coefficient (Wildman–Crippen LogP) is 8.32. The average Bonchev–Trinajstić information content (AvgIpc) is 3.20. The van der Waals surface area contributed by atoms with Gasteiger partial charge in [-0.1, -0.05) is 0 Å². The van der Waals surface area contributed by atoms with Crippen molar-refractivity contribution in [3.8, 4) is 0 Å². The van der Waals surface area contributed by atoms with Crippen molar-refractivity contribution >= 4 is 71.1 Å². The summed E-state index contributed by atoms with van der Waals surface area (Å²) in [4.78, 5) is 60.4. The molecule has 2 aromatic carbocycles. The fourth-order valence-corrected chi connectivity index (χ4v) is 20.8. The molecule has 62 heavy (non-hydrogen) atoms. The third kappa shape index (κ3) is 10.0. The molecule has 0 aromatic heterocycles. The number of benzene rings is 2. The van der Waals surface area contributed by atoms with E-state index in [1.807, 2.05) is 48.5 Å². The molecule has 12 saturated carbocycles. The van der Waals surface area contributed by atoms with E-state index in [9.17, 15) is 29.1 Å². The van der Waals surface area contributed by atoms with Crippen LogP contribution in [0.15, 0.2) is 60.7 Å². The van der Waals surface area contributed by atoms with Gasteiger partial charge in [0.25, 0.3) is 0 Å². The third-order valence-electron chi connectivity index (χ3n) is 15.9. The topological polar surface area (TPSA) is 142 Å². The molecule has 340 valence electrons. The number of rotatable bonds is 9. The van der Waals surface area contributed by atoms with E-state index in [0.717, 1.165) is 82.7 Å². The first-order valence-corrected chi connectivity index (χ1v) is 28.5. The van der Waals surface area contributed by atoms with Crippen molar-refractivity contribution in [2.45, 2.75) is 129 Å². The molecule has 12 aliphatic rings. The van der Waals surface area contributed by atoms with Gasteiger partial charge in [-0.2, -0.15) is 0 Å². The number of aliphatic carboxylic acids is 1. The summed E-state index contributed by atoms with van der Waals surface area (Å²) in [5.41, 5.74) is -0.909. The Morgan fingerprint density at radius 2 is 0.677 bits per heavy atom. The summed E-state index contributed by atoms with van der Waals surface area (Å²) >= 11 is -5.48. The van der Waals surface area contributed by atoms with Crippen LogP contribution in [0.5, 0.6) is 0 Å². The maximum absolute atomic E-state index is 13.7. The minimum atomic E-state index is -2.89. The van der Waals surface area contributed by atoms with E-state index in [1.54, 1.807) is 12.1 Å². The second-order valence-corrected chi connectivity index (χ2v) is 27.5. The van der Waals surface area contributed by atoms with Gasteiger partial charge in [0.1, 0.15) is 0 Å². The Balaban J connectivity index is 0.000000151. The number of hydrogen-bond donors (Lipinski definition) is 1. The molecule has 14 rings (SSSR count). The Morgan fingerprint density at radius 1 is 0.435 bits per heavy atom. The van der Waals surface area contributed by atoms with E-state index >= 15 is 0 Å². The predicted molar refractivity (Wildman–Crippen MR) is 243 cm³/mol. The second kappa shape index (κ2) is 19.1. The van der Waals surface area contributed by atoms with Crippen LogP contribution in [0.2, 0.25) is 0 Å². The van der Waals surface area contributed by atoms with Crippen LogP contribution in [0, 0.1) is 76.6 Å². The molecule has 0 saturated heterocycles. The zero-order valence-corrected chi connectivity index (χ0v) is 42.4. The monoisotopic (exact) mass is 1190 g/mol. The Kier molecular flexibility index (Phi) is 14.3.